The van der Waals surface area contributed by atoms with E-state index in [0.717, 1.165) is 6.42 Å². The largest absolute Gasteiger partial charge is 0.495 e. The van der Waals surface area contributed by atoms with Gasteiger partial charge in [0.15, 0.2) is 0 Å². The minimum absolute atomic E-state index is 0.305. The molecule has 0 bridgehead atoms. The number of hydrogen-bond donors (Lipinski definition) is 2. The highest BCUT2D eigenvalue weighted by Gasteiger charge is 2.07. The number of nitrogens with one attached hydrogen (secondary N) is 1. The number of benzene rings is 1. The monoisotopic (exact) mass is 224 g/mol. The van der Waals surface area contributed by atoms with E-state index in [1.807, 2.05) is 19.1 Å². The predicted octanol–water partition coefficient (Wildman–Crippen LogP) is 2.79. The topological polar surface area (TPSA) is 47.3 Å². The molecular weight excluding hydrogens is 207 g/mol. The summed E-state index contributed by atoms with van der Waals surface area (Å²) in [6.07, 6.45) is 4.82. The Hall–Kier alpha value is -1.71. The zero-order chi connectivity index (χ0) is 12.0. The first kappa shape index (κ1) is 12.4. The number of hydrogen-bond acceptors (Lipinski definition) is 3. The van der Waals surface area contributed by atoms with Crippen LogP contribution < -0.4 is 15.8 Å². The molecule has 0 aliphatic rings. The molecule has 0 aromatic heterocycles. The second-order valence-electron chi connectivity index (χ2n) is 3.36. The smallest absolute Gasteiger partial charge is 0.148 e. The Kier molecular flexibility index (Phi) is 4.64. The molecule has 88 valence electrons. The summed E-state index contributed by atoms with van der Waals surface area (Å²) in [5.41, 5.74) is 6.29. The Labute approximate surface area is 95.1 Å². The Morgan fingerprint density at radius 2 is 2.25 bits per heavy atom. The summed E-state index contributed by atoms with van der Waals surface area (Å²) < 4.78 is 18.5. The van der Waals surface area contributed by atoms with Crippen molar-refractivity contribution >= 4 is 11.4 Å². The summed E-state index contributed by atoms with van der Waals surface area (Å²) >= 11 is 0. The van der Waals surface area contributed by atoms with E-state index in [2.05, 4.69) is 5.32 Å². The maximum atomic E-state index is 13.5. The van der Waals surface area contributed by atoms with E-state index >= 15 is 0 Å². The van der Waals surface area contributed by atoms with E-state index in [4.69, 9.17) is 10.5 Å². The fraction of sp³-hybridized carbons (Fsp3) is 0.333. The summed E-state index contributed by atoms with van der Waals surface area (Å²) in [4.78, 5) is 0. The lowest BCUT2D eigenvalue weighted by atomic mass is 10.2. The van der Waals surface area contributed by atoms with Gasteiger partial charge in [0.1, 0.15) is 11.6 Å². The molecule has 0 spiro atoms. The van der Waals surface area contributed by atoms with Crippen molar-refractivity contribution in [2.75, 3.05) is 24.7 Å². The number of allylic oxidation sites excluding steroid dienone is 1. The van der Waals surface area contributed by atoms with Gasteiger partial charge in [-0.1, -0.05) is 12.2 Å². The molecule has 1 aromatic carbocycles. The molecule has 3 N–H and O–H groups in total. The van der Waals surface area contributed by atoms with Gasteiger partial charge in [-0.25, -0.2) is 4.39 Å². The Morgan fingerprint density at radius 3 is 2.88 bits per heavy atom. The number of rotatable bonds is 5. The minimum atomic E-state index is -0.362. The molecule has 0 aliphatic carbocycles. The quantitative estimate of drug-likeness (QED) is 0.459. The zero-order valence-electron chi connectivity index (χ0n) is 9.59. The third-order valence-corrected chi connectivity index (χ3v) is 2.18. The first-order valence-electron chi connectivity index (χ1n) is 5.17. The highest BCUT2D eigenvalue weighted by Crippen LogP contribution is 2.28. The molecule has 4 heteroatoms. The highest BCUT2D eigenvalue weighted by atomic mass is 19.1. The van der Waals surface area contributed by atoms with Crippen LogP contribution >= 0.6 is 0 Å². The van der Waals surface area contributed by atoms with Gasteiger partial charge in [-0.2, -0.15) is 0 Å². The SMILES string of the molecule is C/C=C/CCNc1cc(OC)c(N)cc1F. The molecule has 0 heterocycles. The zero-order valence-corrected chi connectivity index (χ0v) is 9.59. The van der Waals surface area contributed by atoms with E-state index in [1.54, 1.807) is 6.07 Å². The maximum Gasteiger partial charge on any atom is 0.148 e. The van der Waals surface area contributed by atoms with Gasteiger partial charge in [-0.05, 0) is 13.3 Å². The third kappa shape index (κ3) is 3.15. The van der Waals surface area contributed by atoms with E-state index in [1.165, 1.54) is 13.2 Å². The minimum Gasteiger partial charge on any atom is -0.495 e. The van der Waals surface area contributed by atoms with E-state index in [0.29, 0.717) is 23.7 Å². The van der Waals surface area contributed by atoms with Gasteiger partial charge in [0.25, 0.3) is 0 Å². The maximum absolute atomic E-state index is 13.5. The third-order valence-electron chi connectivity index (χ3n) is 2.18. The molecule has 0 radical (unpaired) electrons. The first-order chi connectivity index (χ1) is 7.69. The van der Waals surface area contributed by atoms with Gasteiger partial charge in [0, 0.05) is 18.7 Å². The summed E-state index contributed by atoms with van der Waals surface area (Å²) in [5.74, 6) is 0.119. The molecule has 3 nitrogen and oxygen atoms in total. The van der Waals surface area contributed by atoms with E-state index < -0.39 is 0 Å². The molecule has 0 aliphatic heterocycles. The number of anilines is 2. The van der Waals surface area contributed by atoms with Crippen LogP contribution in [-0.2, 0) is 0 Å². The Bertz CT molecular complexity index is 378. The van der Waals surface area contributed by atoms with Gasteiger partial charge in [-0.3, -0.25) is 0 Å². The van der Waals surface area contributed by atoms with Crippen LogP contribution in [0.5, 0.6) is 5.75 Å². The molecule has 0 unspecified atom stereocenters. The van der Waals surface area contributed by atoms with Crippen molar-refractivity contribution in [2.45, 2.75) is 13.3 Å². The fourth-order valence-corrected chi connectivity index (χ4v) is 1.34. The van der Waals surface area contributed by atoms with Gasteiger partial charge in [0.05, 0.1) is 18.5 Å². The van der Waals surface area contributed by atoms with Gasteiger partial charge < -0.3 is 15.8 Å². The van der Waals surface area contributed by atoms with Gasteiger partial charge >= 0.3 is 0 Å². The number of nitrogens with two attached hydrogens (primary N) is 1. The molecule has 0 saturated carbocycles. The highest BCUT2D eigenvalue weighted by molar-refractivity contribution is 5.62. The average Bonchev–Trinajstić information content (AvgIpc) is 2.27. The number of ether oxygens (including phenoxy) is 1. The first-order valence-corrected chi connectivity index (χ1v) is 5.17. The second-order valence-corrected chi connectivity index (χ2v) is 3.36. The second kappa shape index (κ2) is 6.00. The van der Waals surface area contributed by atoms with Crippen molar-refractivity contribution in [3.63, 3.8) is 0 Å². The standard InChI is InChI=1S/C12H17FN2O/c1-3-4-5-6-15-11-8-12(16-2)10(14)7-9(11)13/h3-4,7-8,15H,5-6,14H2,1-2H3/b4-3+. The molecule has 16 heavy (non-hydrogen) atoms. The molecule has 0 fully saturated rings. The molecule has 0 amide bonds. The van der Waals surface area contributed by atoms with Crippen LogP contribution in [0.4, 0.5) is 15.8 Å². The number of methoxy groups -OCH3 is 1. The van der Waals surface area contributed by atoms with Crippen LogP contribution in [0, 0.1) is 5.82 Å². The van der Waals surface area contributed by atoms with Crippen molar-refractivity contribution in [1.29, 1.82) is 0 Å². The van der Waals surface area contributed by atoms with Crippen molar-refractivity contribution in [3.05, 3.63) is 30.1 Å². The van der Waals surface area contributed by atoms with Crippen LogP contribution in [-0.4, -0.2) is 13.7 Å². The van der Waals surface area contributed by atoms with Crippen LogP contribution in [0.2, 0.25) is 0 Å². The van der Waals surface area contributed by atoms with Crippen molar-refractivity contribution in [1.82, 2.24) is 0 Å². The lowest BCUT2D eigenvalue weighted by Gasteiger charge is -2.10. The molecular formula is C12H17FN2O. The molecule has 1 aromatic rings. The summed E-state index contributed by atoms with van der Waals surface area (Å²) in [7, 11) is 1.51. The van der Waals surface area contributed by atoms with Crippen LogP contribution in [0.1, 0.15) is 13.3 Å². The number of nitrogen functional groups attached to an aromatic ring is 1. The fourth-order valence-electron chi connectivity index (χ4n) is 1.34. The normalized spacial score (nSPS) is 10.7. The van der Waals surface area contributed by atoms with Crippen LogP contribution in [0.15, 0.2) is 24.3 Å². The van der Waals surface area contributed by atoms with Crippen molar-refractivity contribution < 1.29 is 9.13 Å². The summed E-state index contributed by atoms with van der Waals surface area (Å²) in [5, 5.41) is 2.99. The molecule has 0 atom stereocenters. The van der Waals surface area contributed by atoms with Crippen LogP contribution in [0.25, 0.3) is 0 Å². The van der Waals surface area contributed by atoms with Crippen LogP contribution in [0.3, 0.4) is 0 Å². The molecule has 1 rings (SSSR count). The number of halogens is 1. The predicted molar refractivity (Wildman–Crippen MR) is 65.3 cm³/mol. The summed E-state index contributed by atoms with van der Waals surface area (Å²) in [6.45, 7) is 2.63. The lowest BCUT2D eigenvalue weighted by molar-refractivity contribution is 0.416. The van der Waals surface area contributed by atoms with E-state index in [9.17, 15) is 4.39 Å². The van der Waals surface area contributed by atoms with Crippen molar-refractivity contribution in [3.8, 4) is 5.75 Å². The van der Waals surface area contributed by atoms with Gasteiger partial charge in [0.2, 0.25) is 0 Å². The molecule has 0 saturated heterocycles. The van der Waals surface area contributed by atoms with Crippen molar-refractivity contribution in [2.24, 2.45) is 0 Å². The Morgan fingerprint density at radius 1 is 1.50 bits per heavy atom. The Balaban J connectivity index is 2.71. The van der Waals surface area contributed by atoms with E-state index in [-0.39, 0.29) is 5.82 Å². The average molecular weight is 224 g/mol. The summed E-state index contributed by atoms with van der Waals surface area (Å²) in [6, 6.07) is 2.83. The lowest BCUT2D eigenvalue weighted by Crippen LogP contribution is -2.04. The van der Waals surface area contributed by atoms with Gasteiger partial charge in [-0.15, -0.1) is 0 Å².